The number of thiazole rings is 1. The molecule has 3 aromatic rings. The zero-order valence-corrected chi connectivity index (χ0v) is 15.6. The fourth-order valence-electron chi connectivity index (χ4n) is 2.25. The zero-order chi connectivity index (χ0) is 18.4. The van der Waals surface area contributed by atoms with Gasteiger partial charge < -0.3 is 9.84 Å². The van der Waals surface area contributed by atoms with Gasteiger partial charge in [-0.2, -0.15) is 0 Å². The lowest BCUT2D eigenvalue weighted by atomic mass is 10.2. The Morgan fingerprint density at radius 3 is 2.69 bits per heavy atom. The molecule has 1 aromatic heterocycles. The third-order valence-electron chi connectivity index (χ3n) is 3.40. The van der Waals surface area contributed by atoms with Crippen LogP contribution >= 0.6 is 23.1 Å². The molecule has 0 spiro atoms. The molecule has 0 saturated carbocycles. The molecule has 1 N–H and O–H groups in total. The van der Waals surface area contributed by atoms with Gasteiger partial charge in [-0.3, -0.25) is 4.79 Å². The van der Waals surface area contributed by atoms with Crippen LogP contribution in [0.3, 0.4) is 0 Å². The number of carboxylic acids is 1. The standard InChI is InChI=1S/C20H17NO3S2/c1-2-11-24-15-9-7-14(8-10-15)12-18(25-13-19(22)23)20-21-16-5-3-4-6-17(16)26-20/h2-10,12H,1,11,13H2,(H,22,23)/b18-12-. The lowest BCUT2D eigenvalue weighted by molar-refractivity contribution is -0.133. The van der Waals surface area contributed by atoms with E-state index in [0.29, 0.717) is 6.61 Å². The second-order valence-electron chi connectivity index (χ2n) is 5.35. The van der Waals surface area contributed by atoms with Crippen molar-refractivity contribution in [3.63, 3.8) is 0 Å². The van der Waals surface area contributed by atoms with Crippen LogP contribution in [0.2, 0.25) is 0 Å². The molecule has 4 nitrogen and oxygen atoms in total. The summed E-state index contributed by atoms with van der Waals surface area (Å²) in [6.07, 6.45) is 3.66. The van der Waals surface area contributed by atoms with E-state index in [0.717, 1.165) is 31.4 Å². The minimum atomic E-state index is -0.852. The van der Waals surface area contributed by atoms with E-state index in [1.807, 2.05) is 54.6 Å². The molecule has 0 fully saturated rings. The van der Waals surface area contributed by atoms with Crippen molar-refractivity contribution in [3.05, 3.63) is 71.8 Å². The molecule has 0 saturated heterocycles. The van der Waals surface area contributed by atoms with Gasteiger partial charge in [0.15, 0.2) is 0 Å². The second-order valence-corrected chi connectivity index (χ2v) is 7.39. The highest BCUT2D eigenvalue weighted by Gasteiger charge is 2.11. The Balaban J connectivity index is 1.90. The van der Waals surface area contributed by atoms with Crippen molar-refractivity contribution >= 4 is 50.3 Å². The molecule has 6 heteroatoms. The van der Waals surface area contributed by atoms with E-state index in [9.17, 15) is 4.79 Å². The highest BCUT2D eigenvalue weighted by Crippen LogP contribution is 2.35. The summed E-state index contributed by atoms with van der Waals surface area (Å²) in [5.74, 6) is -0.0978. The molecule has 0 aliphatic rings. The maximum atomic E-state index is 11.0. The molecule has 0 aliphatic heterocycles. The Bertz CT molecular complexity index is 912. The van der Waals surface area contributed by atoms with Gasteiger partial charge in [0, 0.05) is 4.91 Å². The Hall–Kier alpha value is -2.57. The molecule has 0 amide bonds. The van der Waals surface area contributed by atoms with E-state index < -0.39 is 5.97 Å². The number of aromatic nitrogens is 1. The van der Waals surface area contributed by atoms with Crippen molar-refractivity contribution in [2.45, 2.75) is 0 Å². The molecule has 0 bridgehead atoms. The number of aliphatic carboxylic acids is 1. The Labute approximate surface area is 159 Å². The van der Waals surface area contributed by atoms with Crippen LogP contribution in [0.4, 0.5) is 0 Å². The first-order valence-corrected chi connectivity index (χ1v) is 9.72. The van der Waals surface area contributed by atoms with E-state index in [-0.39, 0.29) is 5.75 Å². The fourth-order valence-corrected chi connectivity index (χ4v) is 4.10. The van der Waals surface area contributed by atoms with Gasteiger partial charge in [0.1, 0.15) is 17.4 Å². The van der Waals surface area contributed by atoms with Gasteiger partial charge in [-0.1, -0.05) is 36.9 Å². The number of rotatable bonds is 8. The zero-order valence-electron chi connectivity index (χ0n) is 13.9. The van der Waals surface area contributed by atoms with Crippen molar-refractivity contribution in [2.75, 3.05) is 12.4 Å². The first-order valence-electron chi connectivity index (χ1n) is 7.91. The van der Waals surface area contributed by atoms with Crippen LogP contribution in [-0.4, -0.2) is 28.4 Å². The number of hydrogen-bond donors (Lipinski definition) is 1. The van der Waals surface area contributed by atoms with Crippen molar-refractivity contribution in [2.24, 2.45) is 0 Å². The lowest BCUT2D eigenvalue weighted by Crippen LogP contribution is -1.98. The molecule has 3 rings (SSSR count). The molecular weight excluding hydrogens is 366 g/mol. The number of para-hydroxylation sites is 1. The smallest absolute Gasteiger partial charge is 0.313 e. The molecule has 2 aromatic carbocycles. The fraction of sp³-hybridized carbons (Fsp3) is 0.100. The van der Waals surface area contributed by atoms with Crippen LogP contribution < -0.4 is 4.74 Å². The highest BCUT2D eigenvalue weighted by atomic mass is 32.2. The summed E-state index contributed by atoms with van der Waals surface area (Å²) < 4.78 is 6.57. The van der Waals surface area contributed by atoms with Gasteiger partial charge in [-0.15, -0.1) is 23.1 Å². The number of thioether (sulfide) groups is 1. The molecule has 0 unspecified atom stereocenters. The third kappa shape index (κ3) is 4.74. The van der Waals surface area contributed by atoms with E-state index in [1.54, 1.807) is 17.4 Å². The number of ether oxygens (including phenoxy) is 1. The summed E-state index contributed by atoms with van der Waals surface area (Å²) in [4.78, 5) is 16.5. The highest BCUT2D eigenvalue weighted by molar-refractivity contribution is 8.09. The van der Waals surface area contributed by atoms with Gasteiger partial charge >= 0.3 is 5.97 Å². The SMILES string of the molecule is C=CCOc1ccc(/C=C(\SCC(=O)O)c2nc3ccccc3s2)cc1. The van der Waals surface area contributed by atoms with Crippen molar-refractivity contribution in [1.29, 1.82) is 0 Å². The summed E-state index contributed by atoms with van der Waals surface area (Å²) in [5, 5.41) is 9.87. The van der Waals surface area contributed by atoms with Gasteiger partial charge in [-0.05, 0) is 35.9 Å². The molecule has 132 valence electrons. The molecule has 0 aliphatic carbocycles. The van der Waals surface area contributed by atoms with Crippen LogP contribution in [0.15, 0.2) is 61.2 Å². The number of nitrogens with zero attached hydrogens (tertiary/aromatic N) is 1. The Kier molecular flexibility index (Phi) is 6.09. The van der Waals surface area contributed by atoms with E-state index in [2.05, 4.69) is 11.6 Å². The summed E-state index contributed by atoms with van der Waals surface area (Å²) in [6.45, 7) is 4.09. The lowest BCUT2D eigenvalue weighted by Gasteiger charge is -2.05. The van der Waals surface area contributed by atoms with Crippen molar-refractivity contribution in [1.82, 2.24) is 4.98 Å². The number of hydrogen-bond acceptors (Lipinski definition) is 5. The summed E-state index contributed by atoms with van der Waals surface area (Å²) in [6, 6.07) is 15.5. The van der Waals surface area contributed by atoms with Crippen LogP contribution in [0.25, 0.3) is 21.2 Å². The van der Waals surface area contributed by atoms with Gasteiger partial charge in [-0.25, -0.2) is 4.98 Å². The van der Waals surface area contributed by atoms with Crippen LogP contribution in [0.1, 0.15) is 10.6 Å². The van der Waals surface area contributed by atoms with Crippen LogP contribution in [0.5, 0.6) is 5.75 Å². The average Bonchev–Trinajstić information content (AvgIpc) is 3.08. The predicted octanol–water partition coefficient (Wildman–Crippen LogP) is 5.18. The first-order chi connectivity index (χ1) is 12.7. The van der Waals surface area contributed by atoms with E-state index in [4.69, 9.17) is 9.84 Å². The Morgan fingerprint density at radius 1 is 1.23 bits per heavy atom. The second kappa shape index (κ2) is 8.69. The minimum absolute atomic E-state index is 0.0116. The number of carboxylic acid groups (broad SMARTS) is 1. The topological polar surface area (TPSA) is 59.4 Å². The molecular formula is C20H17NO3S2. The van der Waals surface area contributed by atoms with Gasteiger partial charge in [0.05, 0.1) is 16.0 Å². The normalized spacial score (nSPS) is 11.5. The van der Waals surface area contributed by atoms with Crippen molar-refractivity contribution < 1.29 is 14.6 Å². The number of carbonyl (C=O) groups is 1. The van der Waals surface area contributed by atoms with Gasteiger partial charge in [0.2, 0.25) is 0 Å². The molecule has 26 heavy (non-hydrogen) atoms. The minimum Gasteiger partial charge on any atom is -0.490 e. The first kappa shape index (κ1) is 18.2. The molecule has 0 atom stereocenters. The molecule has 1 heterocycles. The molecule has 0 radical (unpaired) electrons. The average molecular weight is 383 g/mol. The maximum absolute atomic E-state index is 11.0. The van der Waals surface area contributed by atoms with Crippen molar-refractivity contribution in [3.8, 4) is 5.75 Å². The van der Waals surface area contributed by atoms with Gasteiger partial charge in [0.25, 0.3) is 0 Å². The summed E-state index contributed by atoms with van der Waals surface area (Å²) in [5.41, 5.74) is 1.88. The van der Waals surface area contributed by atoms with Crippen LogP contribution in [0, 0.1) is 0 Å². The largest absolute Gasteiger partial charge is 0.490 e. The number of fused-ring (bicyclic) bond motifs is 1. The third-order valence-corrected chi connectivity index (χ3v) is 5.61. The summed E-state index contributed by atoms with van der Waals surface area (Å²) >= 11 is 2.84. The van der Waals surface area contributed by atoms with E-state index >= 15 is 0 Å². The number of benzene rings is 2. The Morgan fingerprint density at radius 2 is 2.00 bits per heavy atom. The maximum Gasteiger partial charge on any atom is 0.313 e. The van der Waals surface area contributed by atoms with E-state index in [1.165, 1.54) is 11.8 Å². The summed E-state index contributed by atoms with van der Waals surface area (Å²) in [7, 11) is 0. The predicted molar refractivity (Wildman–Crippen MR) is 110 cm³/mol. The quantitative estimate of drug-likeness (QED) is 0.543. The monoisotopic (exact) mass is 383 g/mol. The van der Waals surface area contributed by atoms with Crippen LogP contribution in [-0.2, 0) is 4.79 Å².